The molecule has 0 aliphatic heterocycles. The Kier molecular flexibility index (Phi) is 5.60. The molecule has 180 valence electrons. The molecule has 0 bridgehead atoms. The second-order valence-electron chi connectivity index (χ2n) is 8.91. The Labute approximate surface area is 206 Å². The minimum absolute atomic E-state index is 0.0764. The average molecular weight is 481 g/mol. The molecule has 3 aromatic carbocycles. The maximum Gasteiger partial charge on any atom is 0.295 e. The van der Waals surface area contributed by atoms with Crippen LogP contribution in [-0.4, -0.2) is 26.1 Å². The van der Waals surface area contributed by atoms with Gasteiger partial charge in [-0.05, 0) is 69.2 Å². The van der Waals surface area contributed by atoms with Crippen LogP contribution in [0.4, 0.5) is 17.1 Å². The van der Waals surface area contributed by atoms with Crippen molar-refractivity contribution in [2.45, 2.75) is 27.7 Å². The zero-order chi connectivity index (χ0) is 25.6. The number of fused-ring (bicyclic) bond motifs is 2. The average Bonchev–Trinajstić information content (AvgIpc) is 3.32. The Morgan fingerprint density at radius 3 is 1.86 bits per heavy atom. The van der Waals surface area contributed by atoms with Crippen molar-refractivity contribution in [3.05, 3.63) is 76.3 Å². The molecule has 0 spiro atoms. The monoisotopic (exact) mass is 480 g/mol. The van der Waals surface area contributed by atoms with E-state index in [4.69, 9.17) is 0 Å². The molecule has 9 heteroatoms. The molecule has 0 fully saturated rings. The van der Waals surface area contributed by atoms with Crippen LogP contribution in [0, 0.1) is 27.7 Å². The number of benzene rings is 3. The lowest BCUT2D eigenvalue weighted by molar-refractivity contribution is 0.0995. The molecule has 0 aliphatic rings. The molecule has 0 unspecified atom stereocenters. The first-order valence-corrected chi connectivity index (χ1v) is 11.3. The van der Waals surface area contributed by atoms with E-state index in [-0.39, 0.29) is 23.0 Å². The zero-order valence-corrected chi connectivity index (χ0v) is 20.2. The lowest BCUT2D eigenvalue weighted by Gasteiger charge is -2.00. The molecule has 5 rings (SSSR count). The maximum absolute atomic E-state index is 12.7. The van der Waals surface area contributed by atoms with E-state index in [1.54, 1.807) is 18.2 Å². The number of hydrogen-bond donors (Lipinski definition) is 4. The van der Waals surface area contributed by atoms with Gasteiger partial charge in [-0.2, -0.15) is 5.11 Å². The predicted octanol–water partition coefficient (Wildman–Crippen LogP) is 7.63. The first-order chi connectivity index (χ1) is 17.2. The second-order valence-corrected chi connectivity index (χ2v) is 8.91. The summed E-state index contributed by atoms with van der Waals surface area (Å²) in [6.45, 7) is 7.80. The number of azo groups is 2. The Morgan fingerprint density at radius 1 is 0.722 bits per heavy atom. The second kappa shape index (κ2) is 8.77. The van der Waals surface area contributed by atoms with Gasteiger partial charge in [0.25, 0.3) is 5.91 Å². The highest BCUT2D eigenvalue weighted by molar-refractivity contribution is 5.99. The van der Waals surface area contributed by atoms with Gasteiger partial charge in [0.15, 0.2) is 11.4 Å². The molecule has 9 nitrogen and oxygen atoms in total. The third-order valence-corrected chi connectivity index (χ3v) is 6.00. The quantitative estimate of drug-likeness (QED) is 0.197. The van der Waals surface area contributed by atoms with Crippen LogP contribution in [-0.2, 0) is 0 Å². The van der Waals surface area contributed by atoms with Crippen LogP contribution in [0.5, 0.6) is 11.8 Å². The van der Waals surface area contributed by atoms with Crippen LogP contribution in [0.3, 0.4) is 0 Å². The number of nitrogens with one attached hydrogen (secondary N) is 2. The number of aromatic nitrogens is 2. The molecule has 36 heavy (non-hydrogen) atoms. The number of rotatable bonds is 4. The van der Waals surface area contributed by atoms with E-state index in [0.717, 1.165) is 38.7 Å². The summed E-state index contributed by atoms with van der Waals surface area (Å²) in [6.07, 6.45) is 0. The lowest BCUT2D eigenvalue weighted by Crippen LogP contribution is -1.92. The molecule has 0 atom stereocenters. The van der Waals surface area contributed by atoms with Gasteiger partial charge in [-0.25, -0.2) is 0 Å². The molecular formula is C27H24N6O3. The highest BCUT2D eigenvalue weighted by Crippen LogP contribution is 2.39. The van der Waals surface area contributed by atoms with Crippen LogP contribution in [0.15, 0.2) is 69.0 Å². The van der Waals surface area contributed by atoms with Gasteiger partial charge in [0.1, 0.15) is 0 Å². The first-order valence-electron chi connectivity index (χ1n) is 11.3. The standard InChI is InChI=1S/C27H24N6O3/c1-13-8-15(3)21-19(10-13)23(26(35)28-21)31-30-18-7-5-6-17(12-18)25(34)33-32-24-20-11-14(2)9-16(4)22(20)29-27(24)36/h5-12,28-29,35-36H,1-4H3. The topological polar surface area (TPSA) is 139 Å². The largest absolute Gasteiger partial charge is 0.493 e. The number of nitrogens with zero attached hydrogens (tertiary/aromatic N) is 4. The van der Waals surface area contributed by atoms with Crippen LogP contribution in [0.25, 0.3) is 21.8 Å². The van der Waals surface area contributed by atoms with Crippen molar-refractivity contribution in [2.24, 2.45) is 20.5 Å². The Bertz CT molecular complexity index is 1730. The molecule has 0 aliphatic carbocycles. The zero-order valence-electron chi connectivity index (χ0n) is 20.2. The number of carbonyl (C=O) groups excluding carboxylic acids is 1. The molecule has 0 saturated carbocycles. The SMILES string of the molecule is Cc1cc(C)c2[nH]c(O)c(N=NC(=O)c3cccc(N=Nc4c(O)[nH]c5c(C)cc(C)cc45)c3)c2c1. The third kappa shape index (κ3) is 4.11. The highest BCUT2D eigenvalue weighted by atomic mass is 16.3. The van der Waals surface area contributed by atoms with Crippen LogP contribution in [0.2, 0.25) is 0 Å². The summed E-state index contributed by atoms with van der Waals surface area (Å²) in [7, 11) is 0. The number of aromatic hydroxyl groups is 2. The molecule has 4 N–H and O–H groups in total. The van der Waals surface area contributed by atoms with Crippen molar-refractivity contribution in [1.82, 2.24) is 9.97 Å². The molecule has 0 radical (unpaired) electrons. The Hall–Kier alpha value is -4.79. The van der Waals surface area contributed by atoms with Gasteiger partial charge in [0.05, 0.1) is 16.7 Å². The van der Waals surface area contributed by atoms with Gasteiger partial charge < -0.3 is 20.2 Å². The van der Waals surface area contributed by atoms with Gasteiger partial charge in [-0.15, -0.1) is 15.3 Å². The van der Waals surface area contributed by atoms with Gasteiger partial charge in [-0.1, -0.05) is 29.3 Å². The molecule has 5 aromatic rings. The Morgan fingerprint density at radius 2 is 1.28 bits per heavy atom. The fraction of sp³-hybridized carbons (Fsp3) is 0.148. The van der Waals surface area contributed by atoms with Gasteiger partial charge in [-0.3, -0.25) is 4.79 Å². The van der Waals surface area contributed by atoms with E-state index in [1.165, 1.54) is 6.07 Å². The fourth-order valence-corrected chi connectivity index (χ4v) is 4.42. The van der Waals surface area contributed by atoms with E-state index in [1.807, 2.05) is 52.0 Å². The number of amides is 1. The van der Waals surface area contributed by atoms with Crippen molar-refractivity contribution < 1.29 is 15.0 Å². The number of aromatic amines is 2. The smallest absolute Gasteiger partial charge is 0.295 e. The van der Waals surface area contributed by atoms with Crippen molar-refractivity contribution in [3.63, 3.8) is 0 Å². The normalized spacial score (nSPS) is 12.0. The van der Waals surface area contributed by atoms with Crippen molar-refractivity contribution in [3.8, 4) is 11.8 Å². The van der Waals surface area contributed by atoms with Gasteiger partial charge >= 0.3 is 0 Å². The van der Waals surface area contributed by atoms with E-state index < -0.39 is 5.91 Å². The summed E-state index contributed by atoms with van der Waals surface area (Å²) in [4.78, 5) is 18.6. The number of carbonyl (C=O) groups is 1. The summed E-state index contributed by atoms with van der Waals surface area (Å²) in [5, 5.41) is 38.4. The number of hydrogen-bond acceptors (Lipinski definition) is 6. The minimum Gasteiger partial charge on any atom is -0.493 e. The molecular weight excluding hydrogens is 456 g/mol. The third-order valence-electron chi connectivity index (χ3n) is 6.00. The summed E-state index contributed by atoms with van der Waals surface area (Å²) in [5.74, 6) is -0.819. The van der Waals surface area contributed by atoms with Crippen LogP contribution < -0.4 is 0 Å². The van der Waals surface area contributed by atoms with Crippen molar-refractivity contribution >= 4 is 44.8 Å². The summed E-state index contributed by atoms with van der Waals surface area (Å²) in [6, 6.07) is 14.3. The van der Waals surface area contributed by atoms with Gasteiger partial charge in [0, 0.05) is 16.3 Å². The highest BCUT2D eigenvalue weighted by Gasteiger charge is 2.15. The molecule has 0 saturated heterocycles. The number of aryl methyl sites for hydroxylation is 4. The Balaban J connectivity index is 1.43. The summed E-state index contributed by atoms with van der Waals surface area (Å²) >= 11 is 0. The summed E-state index contributed by atoms with van der Waals surface area (Å²) < 4.78 is 0. The molecule has 1 amide bonds. The van der Waals surface area contributed by atoms with E-state index in [0.29, 0.717) is 16.8 Å². The summed E-state index contributed by atoms with van der Waals surface area (Å²) in [5.41, 5.74) is 6.74. The van der Waals surface area contributed by atoms with Crippen LogP contribution >= 0.6 is 0 Å². The van der Waals surface area contributed by atoms with Gasteiger partial charge in [0.2, 0.25) is 11.8 Å². The minimum atomic E-state index is -0.591. The predicted molar refractivity (Wildman–Crippen MR) is 138 cm³/mol. The van der Waals surface area contributed by atoms with Crippen molar-refractivity contribution in [1.29, 1.82) is 0 Å². The van der Waals surface area contributed by atoms with E-state index in [9.17, 15) is 15.0 Å². The number of H-pyrrole nitrogens is 2. The van der Waals surface area contributed by atoms with Crippen molar-refractivity contribution in [2.75, 3.05) is 0 Å². The molecule has 2 aromatic heterocycles. The van der Waals surface area contributed by atoms with E-state index in [2.05, 4.69) is 30.4 Å². The fourth-order valence-electron chi connectivity index (χ4n) is 4.42. The maximum atomic E-state index is 12.7. The van der Waals surface area contributed by atoms with E-state index >= 15 is 0 Å². The first kappa shape index (κ1) is 23.0. The lowest BCUT2D eigenvalue weighted by atomic mass is 10.1. The van der Waals surface area contributed by atoms with Crippen LogP contribution in [0.1, 0.15) is 32.6 Å². The molecule has 2 heterocycles.